The molecule has 1 aromatic rings. The first-order valence-electron chi connectivity index (χ1n) is 8.33. The molecule has 0 atom stereocenters. The van der Waals surface area contributed by atoms with Gasteiger partial charge in [-0.25, -0.2) is 0 Å². The van der Waals surface area contributed by atoms with E-state index in [1.54, 1.807) is 0 Å². The number of aryl methyl sites for hydroxylation is 2. The Balaban J connectivity index is 0.00000264. The Bertz CT molecular complexity index is 502. The molecule has 1 aliphatic rings. The Morgan fingerprint density at radius 2 is 2.04 bits per heavy atom. The normalized spacial score (nSPS) is 15.3. The van der Waals surface area contributed by atoms with E-state index in [0.29, 0.717) is 12.3 Å². The molecule has 23 heavy (non-hydrogen) atoms. The molecule has 1 aliphatic heterocycles. The van der Waals surface area contributed by atoms with Crippen molar-refractivity contribution in [3.63, 3.8) is 0 Å². The van der Waals surface area contributed by atoms with Gasteiger partial charge in [-0.3, -0.25) is 4.79 Å². The summed E-state index contributed by atoms with van der Waals surface area (Å²) in [5.74, 6) is 1.04. The number of benzene rings is 1. The summed E-state index contributed by atoms with van der Waals surface area (Å²) in [5.41, 5.74) is 2.48. The van der Waals surface area contributed by atoms with Gasteiger partial charge in [0.05, 0.1) is 0 Å². The summed E-state index contributed by atoms with van der Waals surface area (Å²) >= 11 is 3.52. The van der Waals surface area contributed by atoms with Crippen molar-refractivity contribution in [1.29, 1.82) is 0 Å². The summed E-state index contributed by atoms with van der Waals surface area (Å²) < 4.78 is 1.13. The maximum atomic E-state index is 12.3. The Hall–Kier alpha value is -0.580. The van der Waals surface area contributed by atoms with Gasteiger partial charge < -0.3 is 10.2 Å². The zero-order valence-electron chi connectivity index (χ0n) is 14.1. The van der Waals surface area contributed by atoms with E-state index in [1.165, 1.54) is 11.1 Å². The SMILES string of the molecule is CCNCC1CCN(C(=O)CCc2ccc(Br)c(C)c2)CC1.Cl. The molecule has 0 unspecified atom stereocenters. The number of carbonyl (C=O) groups is 1. The van der Waals surface area contributed by atoms with E-state index in [9.17, 15) is 4.79 Å². The predicted octanol–water partition coefficient (Wildman–Crippen LogP) is 3.96. The number of nitrogens with zero attached hydrogens (tertiary/aromatic N) is 1. The first kappa shape index (κ1) is 20.5. The van der Waals surface area contributed by atoms with Gasteiger partial charge in [0.2, 0.25) is 5.91 Å². The zero-order valence-corrected chi connectivity index (χ0v) is 16.5. The van der Waals surface area contributed by atoms with Crippen LogP contribution in [0.3, 0.4) is 0 Å². The second-order valence-corrected chi connectivity index (χ2v) is 7.07. The Kier molecular flexibility index (Phi) is 9.18. The number of likely N-dealkylation sites (tertiary alicyclic amines) is 1. The van der Waals surface area contributed by atoms with Crippen LogP contribution in [0.1, 0.15) is 37.3 Å². The van der Waals surface area contributed by atoms with Crippen molar-refractivity contribution in [1.82, 2.24) is 10.2 Å². The van der Waals surface area contributed by atoms with Crippen molar-refractivity contribution < 1.29 is 4.79 Å². The van der Waals surface area contributed by atoms with E-state index in [4.69, 9.17) is 0 Å². The lowest BCUT2D eigenvalue weighted by Gasteiger charge is -2.32. The number of rotatable bonds is 6. The van der Waals surface area contributed by atoms with Crippen molar-refractivity contribution in [2.45, 2.75) is 39.5 Å². The number of piperidine rings is 1. The molecule has 130 valence electrons. The molecule has 1 heterocycles. The van der Waals surface area contributed by atoms with Gasteiger partial charge in [-0.2, -0.15) is 0 Å². The lowest BCUT2D eigenvalue weighted by Crippen LogP contribution is -2.40. The average Bonchev–Trinajstić information content (AvgIpc) is 2.54. The molecule has 0 aromatic heterocycles. The summed E-state index contributed by atoms with van der Waals surface area (Å²) in [6.45, 7) is 8.21. The highest BCUT2D eigenvalue weighted by molar-refractivity contribution is 9.10. The molecule has 1 aromatic carbocycles. The maximum Gasteiger partial charge on any atom is 0.222 e. The van der Waals surface area contributed by atoms with Crippen molar-refractivity contribution in [2.24, 2.45) is 5.92 Å². The molecule has 1 fully saturated rings. The van der Waals surface area contributed by atoms with E-state index in [-0.39, 0.29) is 12.4 Å². The number of hydrogen-bond donors (Lipinski definition) is 1. The van der Waals surface area contributed by atoms with Gasteiger partial charge in [0.1, 0.15) is 0 Å². The van der Waals surface area contributed by atoms with Crippen LogP contribution in [-0.2, 0) is 11.2 Å². The van der Waals surface area contributed by atoms with E-state index in [2.05, 4.69) is 53.3 Å². The first-order chi connectivity index (χ1) is 10.6. The Labute approximate surface area is 154 Å². The van der Waals surface area contributed by atoms with Crippen molar-refractivity contribution in [2.75, 3.05) is 26.2 Å². The molecule has 0 bridgehead atoms. The van der Waals surface area contributed by atoms with Crippen molar-refractivity contribution in [3.8, 4) is 0 Å². The lowest BCUT2D eigenvalue weighted by atomic mass is 9.96. The molecule has 1 saturated heterocycles. The van der Waals surface area contributed by atoms with Gasteiger partial charge in [-0.05, 0) is 62.4 Å². The van der Waals surface area contributed by atoms with Crippen LogP contribution >= 0.6 is 28.3 Å². The van der Waals surface area contributed by atoms with Gasteiger partial charge >= 0.3 is 0 Å². The number of halogens is 2. The third-order valence-electron chi connectivity index (χ3n) is 4.50. The average molecular weight is 404 g/mol. The van der Waals surface area contributed by atoms with Gasteiger partial charge in [-0.1, -0.05) is 35.0 Å². The molecular formula is C18H28BrClN2O. The number of carbonyl (C=O) groups excluding carboxylic acids is 1. The molecule has 2 rings (SSSR count). The minimum absolute atomic E-state index is 0. The largest absolute Gasteiger partial charge is 0.343 e. The highest BCUT2D eigenvalue weighted by atomic mass is 79.9. The van der Waals surface area contributed by atoms with Gasteiger partial charge in [0.15, 0.2) is 0 Å². The zero-order chi connectivity index (χ0) is 15.9. The minimum atomic E-state index is 0. The highest BCUT2D eigenvalue weighted by Gasteiger charge is 2.22. The van der Waals surface area contributed by atoms with Crippen LogP contribution in [0.2, 0.25) is 0 Å². The number of amides is 1. The quantitative estimate of drug-likeness (QED) is 0.779. The van der Waals surface area contributed by atoms with Gasteiger partial charge in [0, 0.05) is 24.0 Å². The summed E-state index contributed by atoms with van der Waals surface area (Å²) in [4.78, 5) is 14.4. The van der Waals surface area contributed by atoms with Crippen LogP contribution in [0.5, 0.6) is 0 Å². The Morgan fingerprint density at radius 3 is 2.65 bits per heavy atom. The monoisotopic (exact) mass is 402 g/mol. The first-order valence-corrected chi connectivity index (χ1v) is 9.13. The molecule has 0 radical (unpaired) electrons. The fourth-order valence-electron chi connectivity index (χ4n) is 3.01. The highest BCUT2D eigenvalue weighted by Crippen LogP contribution is 2.20. The third-order valence-corrected chi connectivity index (χ3v) is 5.39. The fraction of sp³-hybridized carbons (Fsp3) is 0.611. The van der Waals surface area contributed by atoms with Gasteiger partial charge in [0.25, 0.3) is 0 Å². The van der Waals surface area contributed by atoms with Crippen LogP contribution in [-0.4, -0.2) is 37.0 Å². The lowest BCUT2D eigenvalue weighted by molar-refractivity contribution is -0.132. The smallest absolute Gasteiger partial charge is 0.222 e. The van der Waals surface area contributed by atoms with Crippen LogP contribution in [0.4, 0.5) is 0 Å². The topological polar surface area (TPSA) is 32.3 Å². The van der Waals surface area contributed by atoms with Crippen LogP contribution < -0.4 is 5.32 Å². The van der Waals surface area contributed by atoms with E-state index >= 15 is 0 Å². The minimum Gasteiger partial charge on any atom is -0.343 e. The molecule has 1 amide bonds. The number of hydrogen-bond acceptors (Lipinski definition) is 2. The van der Waals surface area contributed by atoms with Crippen LogP contribution in [0, 0.1) is 12.8 Å². The molecule has 5 heteroatoms. The van der Waals surface area contributed by atoms with Gasteiger partial charge in [-0.15, -0.1) is 12.4 Å². The van der Waals surface area contributed by atoms with Crippen LogP contribution in [0.15, 0.2) is 22.7 Å². The molecule has 1 N–H and O–H groups in total. The summed E-state index contributed by atoms with van der Waals surface area (Å²) in [6, 6.07) is 6.34. The van der Waals surface area contributed by atoms with Crippen molar-refractivity contribution in [3.05, 3.63) is 33.8 Å². The molecule has 0 saturated carbocycles. The summed E-state index contributed by atoms with van der Waals surface area (Å²) in [7, 11) is 0. The Morgan fingerprint density at radius 1 is 1.35 bits per heavy atom. The third kappa shape index (κ3) is 6.44. The fourth-order valence-corrected chi connectivity index (χ4v) is 3.25. The van der Waals surface area contributed by atoms with Crippen molar-refractivity contribution >= 4 is 34.2 Å². The van der Waals surface area contributed by atoms with E-state index in [0.717, 1.165) is 55.8 Å². The summed E-state index contributed by atoms with van der Waals surface area (Å²) in [5, 5.41) is 3.41. The molecule has 0 spiro atoms. The van der Waals surface area contributed by atoms with E-state index < -0.39 is 0 Å². The number of nitrogens with one attached hydrogen (secondary N) is 1. The van der Waals surface area contributed by atoms with E-state index in [1.807, 2.05) is 4.90 Å². The second kappa shape index (κ2) is 10.3. The molecular weight excluding hydrogens is 376 g/mol. The second-order valence-electron chi connectivity index (χ2n) is 6.22. The maximum absolute atomic E-state index is 12.3. The predicted molar refractivity (Wildman–Crippen MR) is 102 cm³/mol. The molecule has 3 nitrogen and oxygen atoms in total. The molecule has 0 aliphatic carbocycles. The van der Waals surface area contributed by atoms with Crippen LogP contribution in [0.25, 0.3) is 0 Å². The summed E-state index contributed by atoms with van der Waals surface area (Å²) in [6.07, 6.45) is 3.73. The standard InChI is InChI=1S/C18H27BrN2O.ClH/c1-3-20-13-16-8-10-21(11-9-16)18(22)7-5-15-4-6-17(19)14(2)12-15;/h4,6,12,16,20H,3,5,7-11,13H2,1-2H3;1H.